The molecule has 4 rings (SSSR count). The Morgan fingerprint density at radius 2 is 2.03 bits per heavy atom. The highest BCUT2D eigenvalue weighted by Gasteiger charge is 2.27. The molecule has 2 amide bonds. The summed E-state index contributed by atoms with van der Waals surface area (Å²) in [4.78, 5) is 30.5. The van der Waals surface area contributed by atoms with E-state index in [9.17, 15) is 9.59 Å². The summed E-state index contributed by atoms with van der Waals surface area (Å²) in [5.41, 5.74) is 11.7. The molecular formula is C28H34N6O2. The third-order valence-electron chi connectivity index (χ3n) is 6.84. The number of primary amides is 1. The highest BCUT2D eigenvalue weighted by atomic mass is 16.2. The minimum Gasteiger partial charge on any atom is -0.364 e. The first-order valence-electron chi connectivity index (χ1n) is 12.3. The molecule has 0 spiro atoms. The number of likely N-dealkylation sites (tertiary alicyclic amines) is 1. The van der Waals surface area contributed by atoms with Gasteiger partial charge in [-0.2, -0.15) is 0 Å². The summed E-state index contributed by atoms with van der Waals surface area (Å²) in [5, 5.41) is 8.27. The normalized spacial score (nSPS) is 16.1. The van der Waals surface area contributed by atoms with Crippen molar-refractivity contribution in [3.63, 3.8) is 0 Å². The molecule has 3 aromatic rings. The number of nitrogens with zero attached hydrogens (tertiary/aromatic N) is 5. The van der Waals surface area contributed by atoms with Crippen molar-refractivity contribution in [2.75, 3.05) is 13.1 Å². The molecule has 2 N–H and O–H groups in total. The lowest BCUT2D eigenvalue weighted by Crippen LogP contribution is -2.38. The zero-order valence-electron chi connectivity index (χ0n) is 21.5. The molecular weight excluding hydrogens is 452 g/mol. The quantitative estimate of drug-likeness (QED) is 0.530. The average Bonchev–Trinajstić information content (AvgIpc) is 3.29. The maximum absolute atomic E-state index is 12.2. The van der Waals surface area contributed by atoms with Crippen LogP contribution in [-0.2, 0) is 16.8 Å². The average molecular weight is 487 g/mol. The molecule has 0 bridgehead atoms. The number of rotatable bonds is 6. The molecule has 0 radical (unpaired) electrons. The number of carbonyl (C=O) groups excluding carboxylic acids is 2. The Hall–Kier alpha value is -3.81. The summed E-state index contributed by atoms with van der Waals surface area (Å²) in [6, 6.07) is 8.40. The fourth-order valence-corrected chi connectivity index (χ4v) is 4.99. The van der Waals surface area contributed by atoms with Gasteiger partial charge in [-0.05, 0) is 80.5 Å². The molecule has 1 aliphatic heterocycles. The van der Waals surface area contributed by atoms with E-state index in [1.807, 2.05) is 44.1 Å². The molecule has 3 heterocycles. The molecule has 1 unspecified atom stereocenters. The third kappa shape index (κ3) is 5.08. The van der Waals surface area contributed by atoms with E-state index in [1.165, 1.54) is 6.08 Å². The van der Waals surface area contributed by atoms with Crippen molar-refractivity contribution in [1.82, 2.24) is 24.9 Å². The van der Waals surface area contributed by atoms with Crippen LogP contribution in [-0.4, -0.2) is 49.8 Å². The molecule has 8 nitrogen and oxygen atoms in total. The van der Waals surface area contributed by atoms with Crippen LogP contribution in [0.5, 0.6) is 0 Å². The molecule has 1 atom stereocenters. The number of nitrogens with two attached hydrogens (primary N) is 1. The summed E-state index contributed by atoms with van der Waals surface area (Å²) >= 11 is 0. The maximum Gasteiger partial charge on any atom is 0.271 e. The summed E-state index contributed by atoms with van der Waals surface area (Å²) in [6.45, 7) is 13.2. The van der Waals surface area contributed by atoms with Crippen molar-refractivity contribution < 1.29 is 9.59 Å². The molecule has 0 aliphatic carbocycles. The van der Waals surface area contributed by atoms with Crippen LogP contribution in [0.25, 0.3) is 11.1 Å². The highest BCUT2D eigenvalue weighted by Crippen LogP contribution is 2.35. The number of carbonyl (C=O) groups is 2. The van der Waals surface area contributed by atoms with E-state index >= 15 is 0 Å². The summed E-state index contributed by atoms with van der Waals surface area (Å²) in [7, 11) is 0. The lowest BCUT2D eigenvalue weighted by molar-refractivity contribution is -0.127. The second-order valence-corrected chi connectivity index (χ2v) is 10.4. The van der Waals surface area contributed by atoms with E-state index < -0.39 is 5.91 Å². The van der Waals surface area contributed by atoms with E-state index in [-0.39, 0.29) is 23.1 Å². The largest absolute Gasteiger partial charge is 0.364 e. The number of piperidine rings is 1. The highest BCUT2D eigenvalue weighted by molar-refractivity contribution is 5.92. The van der Waals surface area contributed by atoms with Gasteiger partial charge in [0.1, 0.15) is 0 Å². The van der Waals surface area contributed by atoms with Crippen LogP contribution in [0, 0.1) is 6.92 Å². The molecule has 36 heavy (non-hydrogen) atoms. The first-order valence-corrected chi connectivity index (χ1v) is 12.3. The van der Waals surface area contributed by atoms with Crippen molar-refractivity contribution in [3.05, 3.63) is 77.4 Å². The Balaban J connectivity index is 1.66. The number of aromatic nitrogens is 4. The first kappa shape index (κ1) is 25.3. The molecule has 1 aliphatic rings. The minimum atomic E-state index is -0.576. The molecule has 0 saturated carbocycles. The van der Waals surface area contributed by atoms with Crippen molar-refractivity contribution >= 4 is 11.8 Å². The standard InChI is InChI=1S/C28H34N6O2/c1-6-25(35)33-13-7-8-21(17-33)23-16-30-12-11-22(23)20-10-9-19(18(2)14-20)15-24-26(27(29)36)31-32-34(24)28(3,4)5/h6,9-12,14,16,21H,1,7-8,13,15,17H2,2-5H3,(H2,29,36). The van der Waals surface area contributed by atoms with Gasteiger partial charge < -0.3 is 10.6 Å². The van der Waals surface area contributed by atoms with Gasteiger partial charge in [-0.25, -0.2) is 4.68 Å². The van der Waals surface area contributed by atoms with Crippen molar-refractivity contribution in [2.45, 2.75) is 58.4 Å². The Morgan fingerprint density at radius 1 is 1.25 bits per heavy atom. The van der Waals surface area contributed by atoms with E-state index in [1.54, 1.807) is 4.68 Å². The maximum atomic E-state index is 12.2. The van der Waals surface area contributed by atoms with E-state index in [0.29, 0.717) is 18.7 Å². The van der Waals surface area contributed by atoms with Gasteiger partial charge in [-0.15, -0.1) is 5.10 Å². The van der Waals surface area contributed by atoms with Crippen molar-refractivity contribution in [1.29, 1.82) is 0 Å². The zero-order chi connectivity index (χ0) is 26.0. The van der Waals surface area contributed by atoms with Gasteiger partial charge in [0, 0.05) is 37.8 Å². The van der Waals surface area contributed by atoms with Crippen LogP contribution < -0.4 is 5.73 Å². The number of benzene rings is 1. The second-order valence-electron chi connectivity index (χ2n) is 10.4. The minimum absolute atomic E-state index is 0.0235. The summed E-state index contributed by atoms with van der Waals surface area (Å²) in [6.07, 6.45) is 7.59. The van der Waals surface area contributed by atoms with Gasteiger partial charge >= 0.3 is 0 Å². The first-order chi connectivity index (χ1) is 17.1. The number of hydrogen-bond acceptors (Lipinski definition) is 5. The van der Waals surface area contributed by atoms with Crippen molar-refractivity contribution in [3.8, 4) is 11.1 Å². The molecule has 8 heteroatoms. The molecule has 2 aromatic heterocycles. The Kier molecular flexibility index (Phi) is 7.06. The molecule has 1 saturated heterocycles. The number of amides is 2. The van der Waals surface area contributed by atoms with Crippen LogP contribution in [0.2, 0.25) is 0 Å². The Morgan fingerprint density at radius 3 is 2.69 bits per heavy atom. The van der Waals surface area contributed by atoms with Gasteiger partial charge in [0.2, 0.25) is 5.91 Å². The van der Waals surface area contributed by atoms with Crippen LogP contribution >= 0.6 is 0 Å². The van der Waals surface area contributed by atoms with Gasteiger partial charge in [0.05, 0.1) is 11.2 Å². The number of aryl methyl sites for hydroxylation is 1. The van der Waals surface area contributed by atoms with Crippen LogP contribution in [0.4, 0.5) is 0 Å². The Bertz CT molecular complexity index is 1300. The lowest BCUT2D eigenvalue weighted by atomic mass is 9.86. The SMILES string of the molecule is C=CC(=O)N1CCCC(c2cnccc2-c2ccc(Cc3c(C(N)=O)nnn3C(C)(C)C)c(C)c2)C1. The van der Waals surface area contributed by atoms with E-state index in [4.69, 9.17) is 5.73 Å². The van der Waals surface area contributed by atoms with Gasteiger partial charge in [0.15, 0.2) is 5.69 Å². The fourth-order valence-electron chi connectivity index (χ4n) is 4.99. The van der Waals surface area contributed by atoms with Crippen LogP contribution in [0.1, 0.15) is 72.4 Å². The Labute approximate surface area is 212 Å². The zero-order valence-corrected chi connectivity index (χ0v) is 21.5. The van der Waals surface area contributed by atoms with E-state index in [0.717, 1.165) is 47.2 Å². The number of pyridine rings is 1. The van der Waals surface area contributed by atoms with Crippen LogP contribution in [0.3, 0.4) is 0 Å². The van der Waals surface area contributed by atoms with Gasteiger partial charge in [0.25, 0.3) is 5.91 Å². The topological polar surface area (TPSA) is 107 Å². The van der Waals surface area contributed by atoms with E-state index in [2.05, 4.69) is 47.0 Å². The lowest BCUT2D eigenvalue weighted by Gasteiger charge is -2.33. The van der Waals surface area contributed by atoms with Gasteiger partial charge in [-0.1, -0.05) is 30.0 Å². The van der Waals surface area contributed by atoms with Crippen molar-refractivity contribution in [2.24, 2.45) is 5.73 Å². The monoisotopic (exact) mass is 486 g/mol. The third-order valence-corrected chi connectivity index (χ3v) is 6.84. The molecule has 1 aromatic carbocycles. The summed E-state index contributed by atoms with van der Waals surface area (Å²) in [5.74, 6) is -0.381. The smallest absolute Gasteiger partial charge is 0.271 e. The fraction of sp³-hybridized carbons (Fsp3) is 0.393. The molecule has 188 valence electrons. The summed E-state index contributed by atoms with van der Waals surface area (Å²) < 4.78 is 1.78. The van der Waals surface area contributed by atoms with Gasteiger partial charge in [-0.3, -0.25) is 14.6 Å². The van der Waals surface area contributed by atoms with Crippen LogP contribution in [0.15, 0.2) is 49.3 Å². The number of hydrogen-bond donors (Lipinski definition) is 1. The predicted octanol–water partition coefficient (Wildman–Crippen LogP) is 3.99. The molecule has 1 fully saturated rings. The predicted molar refractivity (Wildman–Crippen MR) is 140 cm³/mol. The second kappa shape index (κ2) is 10.0.